The third-order valence-corrected chi connectivity index (χ3v) is 6.69. The molecule has 8 heteroatoms. The number of benzene rings is 2. The fraction of sp³-hybridized carbons (Fsp3) is 0.364. The number of carbonyl (C=O) groups excluding carboxylic acids is 2. The molecule has 1 heterocycles. The molecule has 0 saturated carbocycles. The van der Waals surface area contributed by atoms with Gasteiger partial charge in [0.15, 0.2) is 0 Å². The molecule has 1 aliphatic heterocycles. The van der Waals surface area contributed by atoms with Crippen LogP contribution >= 0.6 is 0 Å². The minimum atomic E-state index is -3.86. The van der Waals surface area contributed by atoms with Crippen molar-refractivity contribution in [1.82, 2.24) is 9.62 Å². The Morgan fingerprint density at radius 2 is 1.40 bits per heavy atom. The summed E-state index contributed by atoms with van der Waals surface area (Å²) in [6.45, 7) is 5.96. The highest BCUT2D eigenvalue weighted by Crippen LogP contribution is 2.24. The molecule has 7 nitrogen and oxygen atoms in total. The summed E-state index contributed by atoms with van der Waals surface area (Å²) in [6.07, 6.45) is 1.89. The molecule has 0 spiro atoms. The van der Waals surface area contributed by atoms with E-state index in [1.807, 2.05) is 12.1 Å². The van der Waals surface area contributed by atoms with E-state index >= 15 is 0 Å². The van der Waals surface area contributed by atoms with Gasteiger partial charge in [0.25, 0.3) is 0 Å². The lowest BCUT2D eigenvalue weighted by atomic mass is 10.1. The van der Waals surface area contributed by atoms with Gasteiger partial charge in [-0.05, 0) is 62.1 Å². The van der Waals surface area contributed by atoms with Crippen molar-refractivity contribution in [3.8, 4) is 11.1 Å². The van der Waals surface area contributed by atoms with Gasteiger partial charge in [-0.15, -0.1) is 0 Å². The molecule has 1 fully saturated rings. The van der Waals surface area contributed by atoms with E-state index in [9.17, 15) is 18.0 Å². The van der Waals surface area contributed by atoms with Crippen molar-refractivity contribution in [2.24, 2.45) is 0 Å². The molecule has 0 aliphatic carbocycles. The first kappa shape index (κ1) is 22.0. The van der Waals surface area contributed by atoms with E-state index in [4.69, 9.17) is 0 Å². The normalized spacial score (nSPS) is 14.6. The van der Waals surface area contributed by atoms with Gasteiger partial charge in [0.1, 0.15) is 5.54 Å². The molecule has 3 rings (SSSR count). The van der Waals surface area contributed by atoms with Gasteiger partial charge in [-0.1, -0.05) is 24.3 Å². The highest BCUT2D eigenvalue weighted by Gasteiger charge is 2.37. The Labute approximate surface area is 177 Å². The summed E-state index contributed by atoms with van der Waals surface area (Å²) in [7, 11) is -3.86. The van der Waals surface area contributed by atoms with Crippen molar-refractivity contribution in [1.29, 1.82) is 0 Å². The molecule has 30 heavy (non-hydrogen) atoms. The van der Waals surface area contributed by atoms with Crippen LogP contribution in [0.25, 0.3) is 11.1 Å². The van der Waals surface area contributed by atoms with Crippen molar-refractivity contribution < 1.29 is 18.0 Å². The quantitative estimate of drug-likeness (QED) is 0.738. The molecule has 0 radical (unpaired) electrons. The Bertz CT molecular complexity index is 1020. The van der Waals surface area contributed by atoms with E-state index < -0.39 is 15.6 Å². The standard InChI is InChI=1S/C22H27N3O4S/c1-16(26)23-19-10-6-17(7-11-19)18-8-12-20(13-9-18)30(28,29)24-22(2,3)21(27)25-14-4-5-15-25/h6-13,24H,4-5,14-15H2,1-3H3,(H,23,26). The predicted octanol–water partition coefficient (Wildman–Crippen LogP) is 2.99. The molecule has 1 saturated heterocycles. The van der Waals surface area contributed by atoms with E-state index in [0.717, 1.165) is 24.0 Å². The van der Waals surface area contributed by atoms with Gasteiger partial charge in [0.2, 0.25) is 21.8 Å². The Hall–Kier alpha value is -2.71. The van der Waals surface area contributed by atoms with Crippen LogP contribution in [-0.4, -0.2) is 43.8 Å². The summed E-state index contributed by atoms with van der Waals surface area (Å²) >= 11 is 0. The Morgan fingerprint density at radius 3 is 1.90 bits per heavy atom. The second-order valence-electron chi connectivity index (χ2n) is 8.01. The molecular formula is C22H27N3O4S. The fourth-order valence-corrected chi connectivity index (χ4v) is 4.90. The molecule has 2 aromatic carbocycles. The van der Waals surface area contributed by atoms with Crippen molar-refractivity contribution >= 4 is 27.5 Å². The molecule has 2 aromatic rings. The fourth-order valence-electron chi connectivity index (χ4n) is 3.53. The summed E-state index contributed by atoms with van der Waals surface area (Å²) in [5.74, 6) is -0.351. The van der Waals surface area contributed by atoms with Crippen molar-refractivity contribution in [2.45, 2.75) is 44.0 Å². The van der Waals surface area contributed by atoms with Gasteiger partial charge >= 0.3 is 0 Å². The van der Waals surface area contributed by atoms with Gasteiger partial charge in [-0.2, -0.15) is 4.72 Å². The predicted molar refractivity (Wildman–Crippen MR) is 116 cm³/mol. The Balaban J connectivity index is 1.74. The molecule has 2 N–H and O–H groups in total. The molecule has 0 bridgehead atoms. The summed E-state index contributed by atoms with van der Waals surface area (Å²) in [5.41, 5.74) is 1.21. The first-order valence-electron chi connectivity index (χ1n) is 9.90. The van der Waals surface area contributed by atoms with Crippen molar-refractivity contribution in [3.63, 3.8) is 0 Å². The molecular weight excluding hydrogens is 402 g/mol. The lowest BCUT2D eigenvalue weighted by Gasteiger charge is -2.29. The van der Waals surface area contributed by atoms with Crippen LogP contribution in [0.2, 0.25) is 0 Å². The van der Waals surface area contributed by atoms with Crippen LogP contribution in [0, 0.1) is 0 Å². The molecule has 0 unspecified atom stereocenters. The summed E-state index contributed by atoms with van der Waals surface area (Å²) in [6, 6.07) is 13.8. The molecule has 1 aliphatic rings. The minimum Gasteiger partial charge on any atom is -0.341 e. The van der Waals surface area contributed by atoms with Crippen molar-refractivity contribution in [3.05, 3.63) is 48.5 Å². The molecule has 2 amide bonds. The average molecular weight is 430 g/mol. The molecule has 0 aromatic heterocycles. The third kappa shape index (κ3) is 5.06. The zero-order chi connectivity index (χ0) is 21.9. The maximum atomic E-state index is 12.8. The van der Waals surface area contributed by atoms with E-state index in [-0.39, 0.29) is 16.7 Å². The lowest BCUT2D eigenvalue weighted by Crippen LogP contribution is -2.55. The van der Waals surface area contributed by atoms with Gasteiger partial charge < -0.3 is 10.2 Å². The van der Waals surface area contributed by atoms with Crippen LogP contribution < -0.4 is 10.0 Å². The van der Waals surface area contributed by atoms with Gasteiger partial charge in [-0.3, -0.25) is 9.59 Å². The van der Waals surface area contributed by atoms with Crippen LogP contribution in [0.1, 0.15) is 33.6 Å². The van der Waals surface area contributed by atoms with E-state index in [1.165, 1.54) is 19.1 Å². The Morgan fingerprint density at radius 1 is 0.900 bits per heavy atom. The SMILES string of the molecule is CC(=O)Nc1ccc(-c2ccc(S(=O)(=O)NC(C)(C)C(=O)N3CCCC3)cc2)cc1. The summed E-state index contributed by atoms with van der Waals surface area (Å²) in [5, 5.41) is 2.71. The number of anilines is 1. The maximum Gasteiger partial charge on any atom is 0.243 e. The van der Waals surface area contributed by atoms with Crippen LogP contribution in [0.4, 0.5) is 5.69 Å². The van der Waals surface area contributed by atoms with E-state index in [0.29, 0.717) is 18.8 Å². The van der Waals surface area contributed by atoms with E-state index in [2.05, 4.69) is 10.0 Å². The van der Waals surface area contributed by atoms with E-state index in [1.54, 1.807) is 43.0 Å². The third-order valence-electron chi connectivity index (χ3n) is 5.02. The number of nitrogens with zero attached hydrogens (tertiary/aromatic N) is 1. The van der Waals surface area contributed by atoms with Gasteiger partial charge in [0, 0.05) is 25.7 Å². The van der Waals surface area contributed by atoms with Crippen LogP contribution in [-0.2, 0) is 19.6 Å². The monoisotopic (exact) mass is 429 g/mol. The number of carbonyl (C=O) groups is 2. The first-order chi connectivity index (χ1) is 14.1. The maximum absolute atomic E-state index is 12.8. The van der Waals surface area contributed by atoms with Crippen molar-refractivity contribution in [2.75, 3.05) is 18.4 Å². The van der Waals surface area contributed by atoms with Crippen LogP contribution in [0.5, 0.6) is 0 Å². The molecule has 160 valence electrons. The summed E-state index contributed by atoms with van der Waals surface area (Å²) < 4.78 is 28.2. The molecule has 0 atom stereocenters. The smallest absolute Gasteiger partial charge is 0.243 e. The number of sulfonamides is 1. The summed E-state index contributed by atoms with van der Waals surface area (Å²) in [4.78, 5) is 25.6. The topological polar surface area (TPSA) is 95.6 Å². The number of nitrogens with one attached hydrogen (secondary N) is 2. The van der Waals surface area contributed by atoms with Gasteiger partial charge in [-0.25, -0.2) is 8.42 Å². The number of hydrogen-bond acceptors (Lipinski definition) is 4. The van der Waals surface area contributed by atoms with Gasteiger partial charge in [0.05, 0.1) is 4.90 Å². The lowest BCUT2D eigenvalue weighted by molar-refractivity contribution is -0.135. The highest BCUT2D eigenvalue weighted by atomic mass is 32.2. The second-order valence-corrected chi connectivity index (χ2v) is 9.70. The first-order valence-corrected chi connectivity index (χ1v) is 11.4. The average Bonchev–Trinajstić information content (AvgIpc) is 3.21. The zero-order valence-corrected chi connectivity index (χ0v) is 18.3. The number of likely N-dealkylation sites (tertiary alicyclic amines) is 1. The Kier molecular flexibility index (Phi) is 6.28. The number of amides is 2. The van der Waals surface area contributed by atoms with Crippen LogP contribution in [0.3, 0.4) is 0 Å². The minimum absolute atomic E-state index is 0.100. The number of hydrogen-bond donors (Lipinski definition) is 2. The highest BCUT2D eigenvalue weighted by molar-refractivity contribution is 7.89. The largest absolute Gasteiger partial charge is 0.341 e. The van der Waals surface area contributed by atoms with Crippen LogP contribution in [0.15, 0.2) is 53.4 Å². The number of rotatable bonds is 6. The zero-order valence-electron chi connectivity index (χ0n) is 17.4. The second kappa shape index (κ2) is 8.57.